The van der Waals surface area contributed by atoms with Gasteiger partial charge in [0.25, 0.3) is 0 Å². The third kappa shape index (κ3) is 5.22. The number of hydrogen-bond acceptors (Lipinski definition) is 3. The Labute approximate surface area is 207 Å². The predicted molar refractivity (Wildman–Crippen MR) is 139 cm³/mol. The van der Waals surface area contributed by atoms with E-state index in [1.54, 1.807) is 12.1 Å². The average molecular weight is 519 g/mol. The molecule has 0 heterocycles. The molecule has 0 saturated heterocycles. The summed E-state index contributed by atoms with van der Waals surface area (Å²) >= 11 is 9.93. The van der Waals surface area contributed by atoms with Crippen LogP contribution < -0.4 is 9.47 Å². The molecule has 0 aliphatic rings. The third-order valence-electron chi connectivity index (χ3n) is 5.21. The van der Waals surface area contributed by atoms with Crippen molar-refractivity contribution >= 4 is 50.0 Å². The first kappa shape index (κ1) is 22.9. The predicted octanol–water partition coefficient (Wildman–Crippen LogP) is 8.30. The zero-order valence-electron chi connectivity index (χ0n) is 18.0. The van der Waals surface area contributed by atoms with Crippen molar-refractivity contribution in [1.82, 2.24) is 0 Å². The summed E-state index contributed by atoms with van der Waals surface area (Å²) < 4.78 is 12.9. The molecule has 164 valence electrons. The smallest absolute Gasteiger partial charge is 0.162 e. The molecule has 0 N–H and O–H groups in total. The van der Waals surface area contributed by atoms with Gasteiger partial charge in [-0.3, -0.25) is 0 Å². The minimum absolute atomic E-state index is 0.409. The van der Waals surface area contributed by atoms with Crippen LogP contribution in [0.1, 0.15) is 23.6 Å². The molecule has 0 unspecified atom stereocenters. The van der Waals surface area contributed by atoms with E-state index in [9.17, 15) is 5.26 Å². The van der Waals surface area contributed by atoms with Crippen molar-refractivity contribution in [2.75, 3.05) is 6.61 Å². The van der Waals surface area contributed by atoms with Crippen molar-refractivity contribution in [1.29, 1.82) is 5.26 Å². The summed E-state index contributed by atoms with van der Waals surface area (Å²) in [5, 5.41) is 12.6. The molecule has 3 nitrogen and oxygen atoms in total. The number of rotatable bonds is 7. The Kier molecular flexibility index (Phi) is 7.34. The lowest BCUT2D eigenvalue weighted by atomic mass is 10.0. The molecule has 0 aliphatic carbocycles. The van der Waals surface area contributed by atoms with Crippen LogP contribution in [-0.4, -0.2) is 6.61 Å². The first-order valence-electron chi connectivity index (χ1n) is 10.5. The van der Waals surface area contributed by atoms with Crippen LogP contribution in [0.5, 0.6) is 11.5 Å². The fourth-order valence-corrected chi connectivity index (χ4v) is 4.30. The minimum Gasteiger partial charge on any atom is -0.490 e. The van der Waals surface area contributed by atoms with E-state index in [-0.39, 0.29) is 0 Å². The molecule has 0 atom stereocenters. The maximum absolute atomic E-state index is 9.73. The highest BCUT2D eigenvalue weighted by molar-refractivity contribution is 9.10. The molecule has 0 radical (unpaired) electrons. The molecule has 5 heteroatoms. The minimum atomic E-state index is 0.409. The Balaban J connectivity index is 1.67. The monoisotopic (exact) mass is 517 g/mol. The molecule has 4 rings (SSSR count). The molecule has 0 fully saturated rings. The summed E-state index contributed by atoms with van der Waals surface area (Å²) in [7, 11) is 0. The average Bonchev–Trinajstić information content (AvgIpc) is 2.84. The Morgan fingerprint density at radius 3 is 2.48 bits per heavy atom. The van der Waals surface area contributed by atoms with Crippen molar-refractivity contribution in [3.05, 3.63) is 105 Å². The second kappa shape index (κ2) is 10.6. The van der Waals surface area contributed by atoms with Gasteiger partial charge in [0, 0.05) is 15.1 Å². The van der Waals surface area contributed by atoms with Crippen LogP contribution in [0.4, 0.5) is 0 Å². The molecule has 0 saturated carbocycles. The second-order valence-corrected chi connectivity index (χ2v) is 8.59. The number of fused-ring (bicyclic) bond motifs is 1. The van der Waals surface area contributed by atoms with Gasteiger partial charge in [-0.25, -0.2) is 0 Å². The first-order valence-corrected chi connectivity index (χ1v) is 11.7. The normalized spacial score (nSPS) is 11.3. The van der Waals surface area contributed by atoms with E-state index >= 15 is 0 Å². The maximum atomic E-state index is 9.73. The summed E-state index contributed by atoms with van der Waals surface area (Å²) in [5.41, 5.74) is 3.05. The number of benzene rings is 4. The van der Waals surface area contributed by atoms with E-state index in [0.717, 1.165) is 21.0 Å². The highest BCUT2D eigenvalue weighted by Crippen LogP contribution is 2.37. The molecule has 0 aromatic heterocycles. The van der Waals surface area contributed by atoms with Gasteiger partial charge < -0.3 is 9.47 Å². The zero-order chi connectivity index (χ0) is 23.2. The Morgan fingerprint density at radius 2 is 1.70 bits per heavy atom. The first-order chi connectivity index (χ1) is 16.1. The molecular formula is C28H21BrClNO2. The van der Waals surface area contributed by atoms with Gasteiger partial charge in [-0.15, -0.1) is 0 Å². The largest absolute Gasteiger partial charge is 0.490 e. The Morgan fingerprint density at radius 1 is 0.970 bits per heavy atom. The van der Waals surface area contributed by atoms with Crippen molar-refractivity contribution in [3.8, 4) is 17.6 Å². The van der Waals surface area contributed by atoms with Gasteiger partial charge in [0.05, 0.1) is 18.2 Å². The Hall–Kier alpha value is -3.26. The molecule has 4 aromatic carbocycles. The van der Waals surface area contributed by atoms with Gasteiger partial charge in [-0.2, -0.15) is 5.26 Å². The topological polar surface area (TPSA) is 42.2 Å². The molecular weight excluding hydrogens is 498 g/mol. The summed E-state index contributed by atoms with van der Waals surface area (Å²) in [6.07, 6.45) is 1.79. The molecule has 0 aliphatic heterocycles. The fraction of sp³-hybridized carbons (Fsp3) is 0.107. The van der Waals surface area contributed by atoms with Gasteiger partial charge in [0.15, 0.2) is 11.5 Å². The number of hydrogen-bond donors (Lipinski definition) is 0. The van der Waals surface area contributed by atoms with Gasteiger partial charge in [0.2, 0.25) is 0 Å². The lowest BCUT2D eigenvalue weighted by Gasteiger charge is -2.15. The third-order valence-corrected chi connectivity index (χ3v) is 6.23. The number of halogens is 2. The van der Waals surface area contributed by atoms with Crippen LogP contribution in [0.2, 0.25) is 5.02 Å². The molecule has 4 aromatic rings. The standard InChI is InChI=1S/C28H21BrClNO2/c1-2-32-27-15-21(14-22(17-31)24-12-5-6-13-26(24)30)25(29)16-28(27)33-18-20-10-7-9-19-8-3-4-11-23(19)20/h3-16H,2,18H2,1H3. The van der Waals surface area contributed by atoms with E-state index < -0.39 is 0 Å². The summed E-state index contributed by atoms with van der Waals surface area (Å²) in [6, 6.07) is 27.7. The van der Waals surface area contributed by atoms with Gasteiger partial charge >= 0.3 is 0 Å². The number of nitrogens with zero attached hydrogens (tertiary/aromatic N) is 1. The van der Waals surface area contributed by atoms with Crippen molar-refractivity contribution in [2.45, 2.75) is 13.5 Å². The Bertz CT molecular complexity index is 1370. The highest BCUT2D eigenvalue weighted by atomic mass is 79.9. The van der Waals surface area contributed by atoms with Gasteiger partial charge in [-0.05, 0) is 53.1 Å². The van der Waals surface area contributed by atoms with Gasteiger partial charge in [0.1, 0.15) is 6.61 Å². The van der Waals surface area contributed by atoms with E-state index in [4.69, 9.17) is 21.1 Å². The number of ether oxygens (including phenoxy) is 2. The van der Waals surface area contributed by atoms with Crippen LogP contribution in [-0.2, 0) is 6.61 Å². The van der Waals surface area contributed by atoms with Crippen LogP contribution in [0, 0.1) is 11.3 Å². The summed E-state index contributed by atoms with van der Waals surface area (Å²) in [4.78, 5) is 0. The van der Waals surface area contributed by atoms with Crippen molar-refractivity contribution in [3.63, 3.8) is 0 Å². The second-order valence-electron chi connectivity index (χ2n) is 7.33. The lowest BCUT2D eigenvalue weighted by molar-refractivity contribution is 0.270. The summed E-state index contributed by atoms with van der Waals surface area (Å²) in [5.74, 6) is 1.24. The van der Waals surface area contributed by atoms with Gasteiger partial charge in [-0.1, -0.05) is 88.2 Å². The molecule has 0 amide bonds. The molecule has 0 spiro atoms. The molecule has 33 heavy (non-hydrogen) atoms. The van der Waals surface area contributed by atoms with E-state index in [1.165, 1.54) is 5.39 Å². The SMILES string of the molecule is CCOc1cc(C=C(C#N)c2ccccc2Cl)c(Br)cc1OCc1cccc2ccccc12. The lowest BCUT2D eigenvalue weighted by Crippen LogP contribution is -2.01. The van der Waals surface area contributed by atoms with Crippen molar-refractivity contribution < 1.29 is 9.47 Å². The quantitative estimate of drug-likeness (QED) is 0.182. The molecule has 0 bridgehead atoms. The summed E-state index contributed by atoms with van der Waals surface area (Å²) in [6.45, 7) is 2.83. The zero-order valence-corrected chi connectivity index (χ0v) is 20.4. The van der Waals surface area contributed by atoms with Crippen LogP contribution >= 0.6 is 27.5 Å². The van der Waals surface area contributed by atoms with Crippen molar-refractivity contribution in [2.24, 2.45) is 0 Å². The fourth-order valence-electron chi connectivity index (χ4n) is 3.62. The number of nitriles is 1. The maximum Gasteiger partial charge on any atom is 0.162 e. The van der Waals surface area contributed by atoms with Crippen LogP contribution in [0.25, 0.3) is 22.4 Å². The highest BCUT2D eigenvalue weighted by Gasteiger charge is 2.13. The van der Waals surface area contributed by atoms with E-state index in [1.807, 2.05) is 55.5 Å². The van der Waals surface area contributed by atoms with Crippen LogP contribution in [0.3, 0.4) is 0 Å². The van der Waals surface area contributed by atoms with Crippen LogP contribution in [0.15, 0.2) is 83.3 Å². The van der Waals surface area contributed by atoms with E-state index in [0.29, 0.717) is 40.9 Å². The number of allylic oxidation sites excluding steroid dienone is 1. The van der Waals surface area contributed by atoms with E-state index in [2.05, 4.69) is 46.3 Å².